The van der Waals surface area contributed by atoms with Gasteiger partial charge in [-0.1, -0.05) is 36.3 Å². The average Bonchev–Trinajstić information content (AvgIpc) is 2.67. The number of aromatic nitrogens is 1. The molecule has 5 heteroatoms. The lowest BCUT2D eigenvalue weighted by atomic mass is 10.0. The molecule has 1 N–H and O–H groups in total. The van der Waals surface area contributed by atoms with Crippen LogP contribution in [0.25, 0.3) is 11.1 Å². The molecule has 2 aromatic carbocycles. The Hall–Kier alpha value is -2.94. The second-order valence-corrected chi connectivity index (χ2v) is 8.17. The Morgan fingerprint density at radius 1 is 0.926 bits per heavy atom. The van der Waals surface area contributed by atoms with Gasteiger partial charge in [0, 0.05) is 11.3 Å². The molecule has 0 saturated heterocycles. The molecule has 0 atom stereocenters. The lowest BCUT2D eigenvalue weighted by Gasteiger charge is -2.06. The Balaban J connectivity index is 1.86. The predicted octanol–water partition coefficient (Wildman–Crippen LogP) is 3.22. The fourth-order valence-corrected chi connectivity index (χ4v) is 3.64. The van der Waals surface area contributed by atoms with Crippen molar-refractivity contribution < 1.29 is 13.5 Å². The van der Waals surface area contributed by atoms with Gasteiger partial charge in [-0.15, -0.1) is 0 Å². The normalized spacial score (nSPS) is 10.9. The van der Waals surface area contributed by atoms with E-state index < -0.39 is 9.84 Å². The van der Waals surface area contributed by atoms with E-state index >= 15 is 0 Å². The second kappa shape index (κ2) is 8.17. The molecule has 0 aliphatic carbocycles. The van der Waals surface area contributed by atoms with E-state index in [1.54, 1.807) is 24.3 Å². The zero-order chi connectivity index (χ0) is 19.3. The van der Waals surface area contributed by atoms with Crippen LogP contribution in [0.4, 0.5) is 0 Å². The molecule has 27 heavy (non-hydrogen) atoms. The number of hydrogen-bond acceptors (Lipinski definition) is 4. The van der Waals surface area contributed by atoms with Gasteiger partial charge in [0.1, 0.15) is 5.69 Å². The van der Waals surface area contributed by atoms with E-state index in [2.05, 4.69) is 16.8 Å². The average molecular weight is 377 g/mol. The highest BCUT2D eigenvalue weighted by atomic mass is 32.2. The Morgan fingerprint density at radius 3 is 2.37 bits per heavy atom. The predicted molar refractivity (Wildman–Crippen MR) is 106 cm³/mol. The van der Waals surface area contributed by atoms with Gasteiger partial charge in [0.25, 0.3) is 0 Å². The first kappa shape index (κ1) is 18.8. The lowest BCUT2D eigenvalue weighted by Crippen LogP contribution is -2.09. The van der Waals surface area contributed by atoms with E-state index in [1.165, 1.54) is 0 Å². The van der Waals surface area contributed by atoms with Crippen LogP contribution in [-0.2, 0) is 9.84 Å². The van der Waals surface area contributed by atoms with Crippen LogP contribution in [0.1, 0.15) is 17.0 Å². The number of aliphatic hydroxyl groups is 1. The second-order valence-electron chi connectivity index (χ2n) is 6.06. The van der Waals surface area contributed by atoms with Gasteiger partial charge in [-0.05, 0) is 60.4 Å². The van der Waals surface area contributed by atoms with Crippen LogP contribution in [0, 0.1) is 18.8 Å². The number of aryl methyl sites for hydroxylation is 1. The molecule has 4 nitrogen and oxygen atoms in total. The van der Waals surface area contributed by atoms with Gasteiger partial charge in [-0.25, -0.2) is 13.4 Å². The first-order chi connectivity index (χ1) is 13.0. The van der Waals surface area contributed by atoms with E-state index in [0.717, 1.165) is 28.1 Å². The van der Waals surface area contributed by atoms with Crippen LogP contribution in [0.15, 0.2) is 71.6 Å². The molecule has 0 aliphatic heterocycles. The molecular formula is C22H19NO3S. The summed E-state index contributed by atoms with van der Waals surface area (Å²) in [5.74, 6) is 5.90. The molecule has 0 bridgehead atoms. The fraction of sp³-hybridized carbons (Fsp3) is 0.136. The fourth-order valence-electron chi connectivity index (χ4n) is 2.62. The third-order valence-electron chi connectivity index (χ3n) is 3.99. The number of rotatable bonds is 4. The summed E-state index contributed by atoms with van der Waals surface area (Å²) in [6, 6.07) is 20.1. The van der Waals surface area contributed by atoms with Gasteiger partial charge in [0.15, 0.2) is 9.84 Å². The van der Waals surface area contributed by atoms with Crippen molar-refractivity contribution in [2.45, 2.75) is 11.8 Å². The van der Waals surface area contributed by atoms with Crippen LogP contribution in [-0.4, -0.2) is 30.9 Å². The van der Waals surface area contributed by atoms with E-state index in [4.69, 9.17) is 5.11 Å². The smallest absolute Gasteiger partial charge is 0.180 e. The van der Waals surface area contributed by atoms with Crippen molar-refractivity contribution >= 4 is 9.84 Å². The van der Waals surface area contributed by atoms with E-state index in [9.17, 15) is 8.42 Å². The minimum absolute atomic E-state index is 0.210. The number of sulfone groups is 1. The van der Waals surface area contributed by atoms with Crippen molar-refractivity contribution in [3.63, 3.8) is 0 Å². The Labute approximate surface area is 159 Å². The number of aliphatic hydroxyl groups excluding tert-OH is 1. The maximum Gasteiger partial charge on any atom is 0.180 e. The molecule has 0 saturated carbocycles. The minimum Gasteiger partial charge on any atom is -0.395 e. The van der Waals surface area contributed by atoms with Crippen LogP contribution >= 0.6 is 0 Å². The number of hydrogen-bond donors (Lipinski definition) is 1. The van der Waals surface area contributed by atoms with E-state index in [1.807, 2.05) is 49.4 Å². The van der Waals surface area contributed by atoms with Crippen LogP contribution in [0.2, 0.25) is 0 Å². The summed E-state index contributed by atoms with van der Waals surface area (Å²) >= 11 is 0. The highest BCUT2D eigenvalue weighted by molar-refractivity contribution is 7.91. The lowest BCUT2D eigenvalue weighted by molar-refractivity contribution is 0.319. The molecule has 1 heterocycles. The van der Waals surface area contributed by atoms with Crippen molar-refractivity contribution in [1.82, 2.24) is 4.98 Å². The summed E-state index contributed by atoms with van der Waals surface area (Å²) in [7, 11) is -3.44. The van der Waals surface area contributed by atoms with Gasteiger partial charge < -0.3 is 5.11 Å². The molecule has 0 aliphatic rings. The number of nitrogens with zero attached hydrogens (tertiary/aromatic N) is 1. The highest BCUT2D eigenvalue weighted by Crippen LogP contribution is 2.22. The molecule has 0 spiro atoms. The Bertz CT molecular complexity index is 1110. The van der Waals surface area contributed by atoms with Crippen LogP contribution < -0.4 is 0 Å². The molecule has 3 rings (SSSR count). The number of benzene rings is 2. The van der Waals surface area contributed by atoms with Gasteiger partial charge in [0.05, 0.1) is 17.3 Å². The van der Waals surface area contributed by atoms with Gasteiger partial charge >= 0.3 is 0 Å². The third-order valence-corrected chi connectivity index (χ3v) is 5.70. The van der Waals surface area contributed by atoms with E-state index in [-0.39, 0.29) is 17.3 Å². The topological polar surface area (TPSA) is 67.3 Å². The third kappa shape index (κ3) is 4.82. The highest BCUT2D eigenvalue weighted by Gasteiger charge is 2.13. The van der Waals surface area contributed by atoms with Crippen LogP contribution in [0.5, 0.6) is 0 Å². The largest absolute Gasteiger partial charge is 0.395 e. The minimum atomic E-state index is -3.44. The summed E-state index contributed by atoms with van der Waals surface area (Å²) in [5, 5.41) is 8.88. The van der Waals surface area contributed by atoms with Crippen molar-refractivity contribution in [1.29, 1.82) is 0 Å². The van der Waals surface area contributed by atoms with Gasteiger partial charge in [-0.2, -0.15) is 0 Å². The quantitative estimate of drug-likeness (QED) is 0.709. The van der Waals surface area contributed by atoms with Gasteiger partial charge in [0.2, 0.25) is 0 Å². The van der Waals surface area contributed by atoms with Crippen molar-refractivity contribution in [2.75, 3.05) is 12.4 Å². The molecule has 0 fully saturated rings. The zero-order valence-electron chi connectivity index (χ0n) is 14.9. The Kier molecular flexibility index (Phi) is 5.70. The molecular weight excluding hydrogens is 358 g/mol. The zero-order valence-corrected chi connectivity index (χ0v) is 15.7. The summed E-state index contributed by atoms with van der Waals surface area (Å²) in [4.78, 5) is 4.58. The number of pyridine rings is 1. The van der Waals surface area contributed by atoms with E-state index in [0.29, 0.717) is 0 Å². The van der Waals surface area contributed by atoms with Crippen molar-refractivity contribution in [3.8, 4) is 23.0 Å². The summed E-state index contributed by atoms with van der Waals surface area (Å²) < 4.78 is 24.0. The molecule has 136 valence electrons. The summed E-state index contributed by atoms with van der Waals surface area (Å²) in [6.07, 6.45) is 0. The Morgan fingerprint density at radius 2 is 1.67 bits per heavy atom. The maximum absolute atomic E-state index is 12.0. The van der Waals surface area contributed by atoms with Crippen LogP contribution in [0.3, 0.4) is 0 Å². The molecule has 1 aromatic heterocycles. The monoisotopic (exact) mass is 377 g/mol. The standard InChI is InChI=1S/C22H19NO3S/c1-17-4-2-7-21(23-17)11-8-18-5-3-6-20(16-18)19-9-12-22(13-10-19)27(25,26)15-14-24/h2-7,9-10,12-13,16,24H,14-15H2,1H3. The van der Waals surface area contributed by atoms with Crippen molar-refractivity contribution in [3.05, 3.63) is 83.7 Å². The first-order valence-electron chi connectivity index (χ1n) is 8.48. The first-order valence-corrected chi connectivity index (χ1v) is 10.1. The SMILES string of the molecule is Cc1cccc(C#Cc2cccc(-c3ccc(S(=O)(=O)CCO)cc3)c2)n1. The summed E-state index contributed by atoms with van der Waals surface area (Å²) in [5.41, 5.74) is 4.35. The molecule has 0 unspecified atom stereocenters. The molecule has 0 radical (unpaired) electrons. The van der Waals surface area contributed by atoms with Gasteiger partial charge in [-0.3, -0.25) is 0 Å². The maximum atomic E-state index is 12.0. The van der Waals surface area contributed by atoms with Crippen molar-refractivity contribution in [2.24, 2.45) is 0 Å². The molecule has 3 aromatic rings. The summed E-state index contributed by atoms with van der Waals surface area (Å²) in [6.45, 7) is 1.54. The molecule has 0 amide bonds.